The van der Waals surface area contributed by atoms with Crippen molar-refractivity contribution in [1.82, 2.24) is 0 Å². The second-order valence-electron chi connectivity index (χ2n) is 6.35. The molecule has 0 unspecified atom stereocenters. The molecule has 0 spiro atoms. The zero-order valence-corrected chi connectivity index (χ0v) is 15.8. The van der Waals surface area contributed by atoms with E-state index in [4.69, 9.17) is 0 Å². The number of fused-ring (bicyclic) bond motifs is 5. The molecule has 3 heteroatoms. The molecule has 1 heterocycles. The Hall–Kier alpha value is -3.17. The fraction of sp³-hybridized carbons (Fsp3) is 0.0417. The largest absolute Gasteiger partial charge is 0.329 e. The van der Waals surface area contributed by atoms with Gasteiger partial charge in [0.15, 0.2) is 0 Å². The number of para-hydroxylation sites is 1. The highest BCUT2D eigenvalue weighted by Gasteiger charge is 2.10. The summed E-state index contributed by atoms with van der Waals surface area (Å²) in [4.78, 5) is 9.86. The van der Waals surface area contributed by atoms with Gasteiger partial charge in [0.25, 0.3) is 0 Å². The van der Waals surface area contributed by atoms with E-state index in [9.17, 15) is 4.79 Å². The zero-order valence-electron chi connectivity index (χ0n) is 15.0. The van der Waals surface area contributed by atoms with Crippen molar-refractivity contribution in [2.75, 3.05) is 5.32 Å². The first-order valence-corrected chi connectivity index (χ1v) is 9.64. The van der Waals surface area contributed by atoms with E-state index in [2.05, 4.69) is 66.8 Å². The summed E-state index contributed by atoms with van der Waals surface area (Å²) in [6.45, 7) is 2.21. The third-order valence-electron chi connectivity index (χ3n) is 4.56. The molecule has 1 amide bonds. The summed E-state index contributed by atoms with van der Waals surface area (Å²) in [5.41, 5.74) is 2.21. The molecule has 5 rings (SSSR count). The smallest absolute Gasteiger partial charge is 0.211 e. The first-order valence-electron chi connectivity index (χ1n) is 8.83. The Morgan fingerprint density at radius 3 is 2.26 bits per heavy atom. The second kappa shape index (κ2) is 7.60. The Kier molecular flexibility index (Phi) is 4.86. The number of thiophene rings is 1. The molecular formula is C24H19NOS. The van der Waals surface area contributed by atoms with Gasteiger partial charge >= 0.3 is 0 Å². The van der Waals surface area contributed by atoms with Gasteiger partial charge in [-0.05, 0) is 47.5 Å². The van der Waals surface area contributed by atoms with Crippen LogP contribution in [0.15, 0.2) is 84.9 Å². The topological polar surface area (TPSA) is 29.1 Å². The van der Waals surface area contributed by atoms with Gasteiger partial charge in [0.05, 0.1) is 0 Å². The predicted molar refractivity (Wildman–Crippen MR) is 118 cm³/mol. The summed E-state index contributed by atoms with van der Waals surface area (Å²) in [5, 5.41) is 8.05. The minimum Gasteiger partial charge on any atom is -0.329 e. The van der Waals surface area contributed by atoms with E-state index in [0.29, 0.717) is 6.41 Å². The number of carbonyl (C=O) groups is 1. The Labute approximate surface area is 162 Å². The van der Waals surface area contributed by atoms with Gasteiger partial charge in [0, 0.05) is 25.9 Å². The van der Waals surface area contributed by atoms with Crippen molar-refractivity contribution >= 4 is 54.4 Å². The van der Waals surface area contributed by atoms with Gasteiger partial charge in [-0.2, -0.15) is 0 Å². The van der Waals surface area contributed by atoms with E-state index < -0.39 is 0 Å². The molecule has 1 N–H and O–H groups in total. The first kappa shape index (κ1) is 17.3. The van der Waals surface area contributed by atoms with Crippen molar-refractivity contribution in [1.29, 1.82) is 0 Å². The molecule has 4 aromatic carbocycles. The van der Waals surface area contributed by atoms with Crippen LogP contribution >= 0.6 is 11.3 Å². The van der Waals surface area contributed by atoms with Gasteiger partial charge in [-0.3, -0.25) is 4.79 Å². The number of benzene rings is 4. The lowest BCUT2D eigenvalue weighted by molar-refractivity contribution is -0.105. The van der Waals surface area contributed by atoms with Crippen molar-refractivity contribution in [3.8, 4) is 0 Å². The third-order valence-corrected chi connectivity index (χ3v) is 5.86. The standard InChI is InChI=1S/C17H12S.C7H7NO/c1-11-10-12-6-2-3-7-13(12)16-14-8-4-5-9-15(14)18-17(11)16;9-6-8-7-4-2-1-3-5-7/h2-10H,1H3;1-6H,(H,8,9). The van der Waals surface area contributed by atoms with E-state index in [-0.39, 0.29) is 0 Å². The van der Waals surface area contributed by atoms with Gasteiger partial charge in [-0.1, -0.05) is 60.7 Å². The van der Waals surface area contributed by atoms with E-state index in [0.717, 1.165) is 5.69 Å². The van der Waals surface area contributed by atoms with Crippen molar-refractivity contribution in [3.05, 3.63) is 90.5 Å². The van der Waals surface area contributed by atoms with Crippen LogP contribution in [0.1, 0.15) is 5.56 Å². The van der Waals surface area contributed by atoms with Crippen LogP contribution in [0.25, 0.3) is 30.9 Å². The molecule has 0 atom stereocenters. The molecule has 0 saturated carbocycles. The van der Waals surface area contributed by atoms with Gasteiger partial charge in [-0.25, -0.2) is 0 Å². The van der Waals surface area contributed by atoms with Crippen molar-refractivity contribution < 1.29 is 4.79 Å². The van der Waals surface area contributed by atoms with Gasteiger partial charge < -0.3 is 5.32 Å². The number of aryl methyl sites for hydroxylation is 1. The molecule has 27 heavy (non-hydrogen) atoms. The van der Waals surface area contributed by atoms with Crippen LogP contribution in [0.2, 0.25) is 0 Å². The molecule has 2 nitrogen and oxygen atoms in total. The summed E-state index contributed by atoms with van der Waals surface area (Å²) in [6.07, 6.45) is 0.662. The zero-order chi connectivity index (χ0) is 18.6. The summed E-state index contributed by atoms with van der Waals surface area (Å²) < 4.78 is 2.81. The maximum absolute atomic E-state index is 9.86. The van der Waals surface area contributed by atoms with Crippen LogP contribution in [0.5, 0.6) is 0 Å². The molecule has 0 aliphatic rings. The van der Waals surface area contributed by atoms with Crippen molar-refractivity contribution in [2.45, 2.75) is 6.92 Å². The molecule has 0 saturated heterocycles. The molecule has 0 aliphatic carbocycles. The van der Waals surface area contributed by atoms with Crippen molar-refractivity contribution in [2.24, 2.45) is 0 Å². The fourth-order valence-electron chi connectivity index (χ4n) is 3.34. The Morgan fingerprint density at radius 1 is 0.815 bits per heavy atom. The highest BCUT2D eigenvalue weighted by Crippen LogP contribution is 2.40. The van der Waals surface area contributed by atoms with E-state index in [1.54, 1.807) is 0 Å². The quantitative estimate of drug-likeness (QED) is 0.342. The number of nitrogens with one attached hydrogen (secondary N) is 1. The van der Waals surface area contributed by atoms with Crippen LogP contribution in [0.4, 0.5) is 5.69 Å². The average Bonchev–Trinajstić information content (AvgIpc) is 3.10. The Morgan fingerprint density at radius 2 is 1.48 bits per heavy atom. The normalized spacial score (nSPS) is 10.6. The maximum Gasteiger partial charge on any atom is 0.211 e. The van der Waals surface area contributed by atoms with Crippen LogP contribution in [0.3, 0.4) is 0 Å². The third kappa shape index (κ3) is 3.42. The molecule has 5 aromatic rings. The van der Waals surface area contributed by atoms with Crippen molar-refractivity contribution in [3.63, 3.8) is 0 Å². The molecule has 0 fully saturated rings. The molecule has 0 aliphatic heterocycles. The highest BCUT2D eigenvalue weighted by molar-refractivity contribution is 7.26. The van der Waals surface area contributed by atoms with Gasteiger partial charge in [-0.15, -0.1) is 11.3 Å². The minimum atomic E-state index is 0.662. The summed E-state index contributed by atoms with van der Waals surface area (Å²) in [7, 11) is 0. The van der Waals surface area contributed by atoms with Crippen LogP contribution in [-0.4, -0.2) is 6.41 Å². The summed E-state index contributed by atoms with van der Waals surface area (Å²) >= 11 is 1.90. The minimum absolute atomic E-state index is 0.662. The monoisotopic (exact) mass is 369 g/mol. The van der Waals surface area contributed by atoms with Gasteiger partial charge in [0.1, 0.15) is 0 Å². The number of hydrogen-bond donors (Lipinski definition) is 1. The van der Waals surface area contributed by atoms with Crippen LogP contribution < -0.4 is 5.32 Å². The Balaban J connectivity index is 0.000000170. The average molecular weight is 369 g/mol. The molecular weight excluding hydrogens is 350 g/mol. The lowest BCUT2D eigenvalue weighted by Gasteiger charge is -2.03. The van der Waals surface area contributed by atoms with Gasteiger partial charge in [0.2, 0.25) is 6.41 Å². The molecule has 1 aromatic heterocycles. The molecule has 0 radical (unpaired) electrons. The van der Waals surface area contributed by atoms with E-state index >= 15 is 0 Å². The SMILES string of the molecule is Cc1cc2ccccc2c2c1sc1ccccc12.O=CNc1ccccc1. The lowest BCUT2D eigenvalue weighted by atomic mass is 10.0. The lowest BCUT2D eigenvalue weighted by Crippen LogP contribution is -1.91. The van der Waals surface area contributed by atoms with Crippen LogP contribution in [-0.2, 0) is 4.79 Å². The molecule has 0 bridgehead atoms. The Bertz CT molecular complexity index is 1220. The highest BCUT2D eigenvalue weighted by atomic mass is 32.1. The maximum atomic E-state index is 9.86. The number of amides is 1. The number of rotatable bonds is 2. The summed E-state index contributed by atoms with van der Waals surface area (Å²) in [5.74, 6) is 0. The van der Waals surface area contributed by atoms with E-state index in [1.807, 2.05) is 41.7 Å². The number of hydrogen-bond acceptors (Lipinski definition) is 2. The predicted octanol–water partition coefficient (Wildman–Crippen LogP) is 6.77. The second-order valence-corrected chi connectivity index (χ2v) is 7.40. The van der Waals surface area contributed by atoms with E-state index in [1.165, 1.54) is 36.5 Å². The molecule has 132 valence electrons. The number of anilines is 1. The number of carbonyl (C=O) groups excluding carboxylic acids is 1. The first-order chi connectivity index (χ1) is 13.3. The fourth-order valence-corrected chi connectivity index (χ4v) is 4.53. The summed E-state index contributed by atoms with van der Waals surface area (Å²) in [6, 6.07) is 29.0. The van der Waals surface area contributed by atoms with Crippen LogP contribution in [0, 0.1) is 6.92 Å².